The summed E-state index contributed by atoms with van der Waals surface area (Å²) in [5, 5.41) is 0. The third kappa shape index (κ3) is 28.6. The topological polar surface area (TPSA) is 111 Å². The molecule has 0 heterocycles. The van der Waals surface area contributed by atoms with Crippen LogP contribution in [0.3, 0.4) is 0 Å². The molecule has 0 aromatic carbocycles. The molecule has 41 heavy (non-hydrogen) atoms. The molecular weight excluding hydrogens is 545 g/mol. The van der Waals surface area contributed by atoms with E-state index in [-0.39, 0.29) is 26.1 Å². The molecule has 242 valence electrons. The molecule has 0 aromatic rings. The average Bonchev–Trinajstić information content (AvgIpc) is 2.90. The highest BCUT2D eigenvalue weighted by Gasteiger charge is 2.21. The summed E-state index contributed by atoms with van der Waals surface area (Å²) in [7, 11) is 1.16. The van der Waals surface area contributed by atoms with Crippen LogP contribution < -0.4 is 4.89 Å². The highest BCUT2D eigenvalue weighted by molar-refractivity contribution is 7.45. The molecule has 10 heteroatoms. The van der Waals surface area contributed by atoms with E-state index in [4.69, 9.17) is 18.5 Å². The summed E-state index contributed by atoms with van der Waals surface area (Å²) >= 11 is 0. The molecule has 0 bridgehead atoms. The molecule has 0 radical (unpaired) electrons. The van der Waals surface area contributed by atoms with Gasteiger partial charge in [-0.3, -0.25) is 14.2 Å². The number of carbonyl (C=O) groups excluding carboxylic acids is 2. The molecule has 0 fully saturated rings. The molecule has 2 atom stereocenters. The smallest absolute Gasteiger partial charge is 0.306 e. The monoisotopic (exact) mass is 605 g/mol. The molecule has 0 saturated carbocycles. The Morgan fingerprint density at radius 2 is 1.24 bits per heavy atom. The molecule has 0 aromatic heterocycles. The second kappa shape index (κ2) is 25.3. The van der Waals surface area contributed by atoms with Crippen molar-refractivity contribution in [2.45, 2.75) is 129 Å². The van der Waals surface area contributed by atoms with Crippen LogP contribution in [-0.4, -0.2) is 70.0 Å². The van der Waals surface area contributed by atoms with E-state index in [1.54, 1.807) is 0 Å². The molecular formula is C31H60NO8P. The van der Waals surface area contributed by atoms with Gasteiger partial charge in [0.15, 0.2) is 6.10 Å². The lowest BCUT2D eigenvalue weighted by molar-refractivity contribution is -0.870. The first-order chi connectivity index (χ1) is 19.5. The quantitative estimate of drug-likeness (QED) is 0.0312. The first-order valence-electron chi connectivity index (χ1n) is 15.9. The van der Waals surface area contributed by atoms with Gasteiger partial charge in [-0.05, 0) is 38.5 Å². The molecule has 0 aliphatic carbocycles. The number of carbonyl (C=O) groups is 2. The van der Waals surface area contributed by atoms with E-state index in [0.717, 1.165) is 57.8 Å². The summed E-state index contributed by atoms with van der Waals surface area (Å²) in [5.74, 6) is -0.867. The Hall–Kier alpha value is -1.25. The van der Waals surface area contributed by atoms with Crippen molar-refractivity contribution < 1.29 is 42.1 Å². The summed E-state index contributed by atoms with van der Waals surface area (Å²) < 4.78 is 33.3. The number of esters is 2. The Kier molecular flexibility index (Phi) is 24.5. The fourth-order valence-corrected chi connectivity index (χ4v) is 4.67. The maximum Gasteiger partial charge on any atom is 0.306 e. The Labute approximate surface area is 250 Å². The third-order valence-corrected chi connectivity index (χ3v) is 7.50. The van der Waals surface area contributed by atoms with Gasteiger partial charge in [0.05, 0.1) is 27.7 Å². The van der Waals surface area contributed by atoms with Gasteiger partial charge in [-0.25, -0.2) is 0 Å². The predicted octanol–water partition coefficient (Wildman–Crippen LogP) is 6.88. The number of allylic oxidation sites excluding steroid dienone is 2. The molecule has 0 N–H and O–H groups in total. The lowest BCUT2D eigenvalue weighted by Gasteiger charge is -2.28. The number of likely N-dealkylation sites (N-methyl/N-ethyl adjacent to an activating group) is 1. The van der Waals surface area contributed by atoms with Gasteiger partial charge in [0.25, 0.3) is 7.82 Å². The number of phosphoric acid groups is 1. The maximum absolute atomic E-state index is 12.4. The second-order valence-electron chi connectivity index (χ2n) is 11.8. The first-order valence-corrected chi connectivity index (χ1v) is 17.4. The Bertz CT molecular complexity index is 738. The van der Waals surface area contributed by atoms with Crippen molar-refractivity contribution in [3.63, 3.8) is 0 Å². The van der Waals surface area contributed by atoms with Crippen LogP contribution in [0.1, 0.15) is 123 Å². The molecule has 2 unspecified atom stereocenters. The average molecular weight is 606 g/mol. The van der Waals surface area contributed by atoms with Crippen LogP contribution >= 0.6 is 7.82 Å². The van der Waals surface area contributed by atoms with Crippen LogP contribution in [0.2, 0.25) is 0 Å². The van der Waals surface area contributed by atoms with Crippen LogP contribution in [0.5, 0.6) is 0 Å². The lowest BCUT2D eigenvalue weighted by Crippen LogP contribution is -2.37. The van der Waals surface area contributed by atoms with Crippen molar-refractivity contribution in [1.82, 2.24) is 0 Å². The maximum atomic E-state index is 12.4. The number of quaternary nitrogens is 1. The van der Waals surface area contributed by atoms with E-state index in [2.05, 4.69) is 26.0 Å². The highest BCUT2D eigenvalue weighted by Crippen LogP contribution is 2.38. The normalized spacial score (nSPS) is 14.2. The Morgan fingerprint density at radius 1 is 0.732 bits per heavy atom. The molecule has 0 spiro atoms. The van der Waals surface area contributed by atoms with Gasteiger partial charge < -0.3 is 27.9 Å². The van der Waals surface area contributed by atoms with E-state index in [1.807, 2.05) is 21.1 Å². The Balaban J connectivity index is 4.44. The molecule has 0 amide bonds. The van der Waals surface area contributed by atoms with E-state index in [9.17, 15) is 19.0 Å². The summed E-state index contributed by atoms with van der Waals surface area (Å²) in [6.07, 6.45) is 20.1. The standard InChI is InChI=1S/C31H60NO8P/c1-6-8-10-12-13-14-15-16-17-18-19-20-22-24-31(34)40-29(27-37-30(33)23-21-11-9-7-2)28-39-41(35,36)38-26-25-32(3,4)5/h14-15,29H,6-13,16-28H2,1-5H3/b15-14-. The van der Waals surface area contributed by atoms with E-state index in [1.165, 1.54) is 32.1 Å². The van der Waals surface area contributed by atoms with Crippen molar-refractivity contribution in [2.24, 2.45) is 0 Å². The van der Waals surface area contributed by atoms with Crippen LogP contribution in [0.4, 0.5) is 0 Å². The predicted molar refractivity (Wildman–Crippen MR) is 162 cm³/mol. The minimum atomic E-state index is -4.60. The first kappa shape index (κ1) is 39.8. The zero-order valence-electron chi connectivity index (χ0n) is 26.7. The fourth-order valence-electron chi connectivity index (χ4n) is 3.94. The number of phosphoric ester groups is 1. The SMILES string of the molecule is CCCCCC/C=C\CCCCCCCC(=O)OC(COC(=O)CCCCCC)COP(=O)([O-])OCC[N+](C)(C)C. The van der Waals surface area contributed by atoms with Crippen LogP contribution in [0.25, 0.3) is 0 Å². The van der Waals surface area contributed by atoms with Gasteiger partial charge in [0.2, 0.25) is 0 Å². The highest BCUT2D eigenvalue weighted by atomic mass is 31.2. The van der Waals surface area contributed by atoms with Crippen LogP contribution in [0, 0.1) is 0 Å². The summed E-state index contributed by atoms with van der Waals surface area (Å²) in [6, 6.07) is 0. The lowest BCUT2D eigenvalue weighted by atomic mass is 10.1. The van der Waals surface area contributed by atoms with Crippen molar-refractivity contribution >= 4 is 19.8 Å². The zero-order chi connectivity index (χ0) is 30.8. The van der Waals surface area contributed by atoms with Crippen molar-refractivity contribution in [3.8, 4) is 0 Å². The number of ether oxygens (including phenoxy) is 2. The molecule has 0 rings (SSSR count). The van der Waals surface area contributed by atoms with Gasteiger partial charge in [-0.2, -0.15) is 0 Å². The van der Waals surface area contributed by atoms with Gasteiger partial charge in [-0.1, -0.05) is 83.8 Å². The van der Waals surface area contributed by atoms with Crippen LogP contribution in [-0.2, 0) is 32.7 Å². The van der Waals surface area contributed by atoms with Crippen molar-refractivity contribution in [3.05, 3.63) is 12.2 Å². The zero-order valence-corrected chi connectivity index (χ0v) is 27.6. The number of rotatable bonds is 28. The van der Waals surface area contributed by atoms with Gasteiger partial charge in [0.1, 0.15) is 19.8 Å². The Morgan fingerprint density at radius 3 is 1.83 bits per heavy atom. The minimum absolute atomic E-state index is 0.0309. The fraction of sp³-hybridized carbons (Fsp3) is 0.871. The summed E-state index contributed by atoms with van der Waals surface area (Å²) in [4.78, 5) is 36.7. The molecule has 9 nitrogen and oxygen atoms in total. The molecule has 0 saturated heterocycles. The van der Waals surface area contributed by atoms with E-state index >= 15 is 0 Å². The summed E-state index contributed by atoms with van der Waals surface area (Å²) in [6.45, 7) is 4.03. The number of hydrogen-bond donors (Lipinski definition) is 0. The molecule has 0 aliphatic heterocycles. The van der Waals surface area contributed by atoms with Crippen LogP contribution in [0.15, 0.2) is 12.2 Å². The number of nitrogens with zero attached hydrogens (tertiary/aromatic N) is 1. The van der Waals surface area contributed by atoms with Gasteiger partial charge in [0, 0.05) is 12.8 Å². The van der Waals surface area contributed by atoms with Gasteiger partial charge in [-0.15, -0.1) is 0 Å². The largest absolute Gasteiger partial charge is 0.756 e. The summed E-state index contributed by atoms with van der Waals surface area (Å²) in [5.41, 5.74) is 0. The third-order valence-electron chi connectivity index (χ3n) is 6.54. The van der Waals surface area contributed by atoms with E-state index < -0.39 is 32.5 Å². The van der Waals surface area contributed by atoms with E-state index in [0.29, 0.717) is 17.4 Å². The minimum Gasteiger partial charge on any atom is -0.756 e. The number of unbranched alkanes of at least 4 members (excludes halogenated alkanes) is 12. The molecule has 0 aliphatic rings. The number of hydrogen-bond acceptors (Lipinski definition) is 8. The van der Waals surface area contributed by atoms with Crippen molar-refractivity contribution in [1.29, 1.82) is 0 Å². The second-order valence-corrected chi connectivity index (χ2v) is 13.2. The van der Waals surface area contributed by atoms with Crippen molar-refractivity contribution in [2.75, 3.05) is 47.5 Å². The van der Waals surface area contributed by atoms with Gasteiger partial charge >= 0.3 is 11.9 Å².